The maximum atomic E-state index is 12.1. The summed E-state index contributed by atoms with van der Waals surface area (Å²) in [6.45, 7) is 6.46. The zero-order chi connectivity index (χ0) is 17.7. The largest absolute Gasteiger partial charge is 0.478 e. The second-order valence-corrected chi connectivity index (χ2v) is 7.12. The fourth-order valence-corrected chi connectivity index (χ4v) is 3.03. The van der Waals surface area contributed by atoms with E-state index in [9.17, 15) is 9.59 Å². The quantitative estimate of drug-likeness (QED) is 0.743. The highest BCUT2D eigenvalue weighted by atomic mass is 32.1. The molecule has 0 aliphatic carbocycles. The van der Waals surface area contributed by atoms with Crippen LogP contribution in [0.4, 0.5) is 9.80 Å². The molecule has 0 saturated carbocycles. The van der Waals surface area contributed by atoms with Gasteiger partial charge in [0, 0.05) is 6.54 Å². The number of aromatic carboxylic acids is 1. The Hall–Kier alpha value is -2.41. The number of amides is 2. The molecule has 128 valence electrons. The predicted molar refractivity (Wildman–Crippen MR) is 94.7 cm³/mol. The smallest absolute Gasteiger partial charge is 0.335 e. The number of nitrogens with zero attached hydrogens (tertiary/aromatic N) is 1. The second kappa shape index (κ2) is 7.92. The van der Waals surface area contributed by atoms with E-state index in [1.54, 1.807) is 12.1 Å². The number of hydrogen-bond donors (Lipinski definition) is 3. The van der Waals surface area contributed by atoms with Crippen molar-refractivity contribution < 1.29 is 14.7 Å². The summed E-state index contributed by atoms with van der Waals surface area (Å²) in [5, 5.41) is 16.2. The third-order valence-electron chi connectivity index (χ3n) is 3.29. The lowest BCUT2D eigenvalue weighted by molar-refractivity contribution is 0.0697. The van der Waals surface area contributed by atoms with Gasteiger partial charge in [0.1, 0.15) is 5.00 Å². The number of carboxylic acid groups (broad SMARTS) is 1. The number of carbonyl (C=O) groups is 2. The van der Waals surface area contributed by atoms with Crippen molar-refractivity contribution in [2.45, 2.75) is 33.7 Å². The summed E-state index contributed by atoms with van der Waals surface area (Å²) in [5.74, 6) is -0.506. The van der Waals surface area contributed by atoms with Gasteiger partial charge < -0.3 is 10.4 Å². The van der Waals surface area contributed by atoms with Crippen LogP contribution in [0, 0.1) is 12.8 Å². The van der Waals surface area contributed by atoms with E-state index < -0.39 is 5.97 Å². The van der Waals surface area contributed by atoms with Crippen LogP contribution in [-0.2, 0) is 13.0 Å². The number of rotatable bonds is 6. The van der Waals surface area contributed by atoms with Crippen LogP contribution < -0.4 is 10.6 Å². The van der Waals surface area contributed by atoms with E-state index in [0.29, 0.717) is 12.5 Å². The third kappa shape index (κ3) is 5.06. The number of aromatic nitrogens is 1. The van der Waals surface area contributed by atoms with Crippen molar-refractivity contribution in [2.24, 2.45) is 5.92 Å². The van der Waals surface area contributed by atoms with E-state index in [-0.39, 0.29) is 11.6 Å². The van der Waals surface area contributed by atoms with E-state index in [4.69, 9.17) is 5.11 Å². The minimum absolute atomic E-state index is 0.224. The van der Waals surface area contributed by atoms with Gasteiger partial charge in [0.05, 0.1) is 16.3 Å². The molecule has 6 nitrogen and oxygen atoms in total. The van der Waals surface area contributed by atoms with Gasteiger partial charge in [-0.1, -0.05) is 26.0 Å². The Morgan fingerprint density at radius 3 is 2.50 bits per heavy atom. The van der Waals surface area contributed by atoms with Crippen LogP contribution in [0.1, 0.15) is 40.5 Å². The Balaban J connectivity index is 1.92. The highest BCUT2D eigenvalue weighted by Gasteiger charge is 2.13. The molecule has 1 aromatic carbocycles. The third-order valence-corrected chi connectivity index (χ3v) is 4.22. The number of thiazole rings is 1. The molecule has 0 spiro atoms. The zero-order valence-corrected chi connectivity index (χ0v) is 14.7. The lowest BCUT2D eigenvalue weighted by Gasteiger charge is -2.09. The number of benzene rings is 1. The fraction of sp³-hybridized carbons (Fsp3) is 0.353. The van der Waals surface area contributed by atoms with Crippen LogP contribution >= 0.6 is 11.3 Å². The number of carbonyl (C=O) groups excluding carboxylic acids is 1. The lowest BCUT2D eigenvalue weighted by Crippen LogP contribution is -2.28. The van der Waals surface area contributed by atoms with Gasteiger partial charge >= 0.3 is 12.0 Å². The van der Waals surface area contributed by atoms with Crippen LogP contribution in [0.3, 0.4) is 0 Å². The molecule has 7 heteroatoms. The summed E-state index contributed by atoms with van der Waals surface area (Å²) in [4.78, 5) is 27.3. The maximum Gasteiger partial charge on any atom is 0.335 e. The molecule has 0 bridgehead atoms. The molecule has 0 radical (unpaired) electrons. The van der Waals surface area contributed by atoms with E-state index in [1.807, 2.05) is 6.92 Å². The number of anilines is 1. The fourth-order valence-electron chi connectivity index (χ4n) is 2.19. The van der Waals surface area contributed by atoms with Crippen LogP contribution in [0.25, 0.3) is 0 Å². The Morgan fingerprint density at radius 1 is 1.25 bits per heavy atom. The first kappa shape index (κ1) is 17.9. The SMILES string of the molecule is Cc1nc(CC(C)C)c(NC(=O)NCc2ccc(C(=O)O)cc2)s1. The minimum atomic E-state index is -0.967. The van der Waals surface area contributed by atoms with Crippen LogP contribution in [0.2, 0.25) is 0 Å². The van der Waals surface area contributed by atoms with Gasteiger partial charge in [-0.15, -0.1) is 11.3 Å². The summed E-state index contributed by atoms with van der Waals surface area (Å²) in [6, 6.07) is 6.11. The van der Waals surface area contributed by atoms with Crippen LogP contribution in [0.5, 0.6) is 0 Å². The molecule has 0 unspecified atom stereocenters. The first-order valence-electron chi connectivity index (χ1n) is 7.68. The monoisotopic (exact) mass is 347 g/mol. The molecule has 2 aromatic rings. The summed E-state index contributed by atoms with van der Waals surface area (Å²) in [6.07, 6.45) is 0.816. The van der Waals surface area contributed by atoms with Crippen LogP contribution in [0.15, 0.2) is 24.3 Å². The normalized spacial score (nSPS) is 10.7. The average molecular weight is 347 g/mol. The summed E-state index contributed by atoms with van der Waals surface area (Å²) in [7, 11) is 0. The summed E-state index contributed by atoms with van der Waals surface area (Å²) >= 11 is 1.46. The Kier molecular flexibility index (Phi) is 5.92. The van der Waals surface area contributed by atoms with Crippen molar-refractivity contribution in [1.29, 1.82) is 0 Å². The van der Waals surface area contributed by atoms with Crippen molar-refractivity contribution in [3.8, 4) is 0 Å². The van der Waals surface area contributed by atoms with Crippen molar-refractivity contribution in [3.63, 3.8) is 0 Å². The number of urea groups is 1. The van der Waals surface area contributed by atoms with E-state index in [1.165, 1.54) is 23.5 Å². The number of hydrogen-bond acceptors (Lipinski definition) is 4. The lowest BCUT2D eigenvalue weighted by atomic mass is 10.1. The molecule has 2 amide bonds. The molecule has 0 atom stereocenters. The van der Waals surface area contributed by atoms with Gasteiger partial charge in [-0.3, -0.25) is 5.32 Å². The molecule has 3 N–H and O–H groups in total. The van der Waals surface area contributed by atoms with Crippen molar-refractivity contribution in [2.75, 3.05) is 5.32 Å². The van der Waals surface area contributed by atoms with Crippen molar-refractivity contribution in [3.05, 3.63) is 46.1 Å². The molecule has 0 aliphatic rings. The molecular formula is C17H21N3O3S. The summed E-state index contributed by atoms with van der Waals surface area (Å²) < 4.78 is 0. The Morgan fingerprint density at radius 2 is 1.92 bits per heavy atom. The average Bonchev–Trinajstić information content (AvgIpc) is 2.84. The maximum absolute atomic E-state index is 12.1. The first-order valence-corrected chi connectivity index (χ1v) is 8.50. The van der Waals surface area contributed by atoms with Crippen molar-refractivity contribution in [1.82, 2.24) is 10.3 Å². The zero-order valence-electron chi connectivity index (χ0n) is 13.9. The molecule has 2 rings (SSSR count). The molecule has 0 aliphatic heterocycles. The van der Waals surface area contributed by atoms with E-state index in [0.717, 1.165) is 27.7 Å². The van der Waals surface area contributed by atoms with Gasteiger partial charge in [0.2, 0.25) is 0 Å². The highest BCUT2D eigenvalue weighted by Crippen LogP contribution is 2.26. The molecule has 24 heavy (non-hydrogen) atoms. The van der Waals surface area contributed by atoms with Crippen molar-refractivity contribution >= 4 is 28.3 Å². The van der Waals surface area contributed by atoms with Gasteiger partial charge in [0.15, 0.2) is 0 Å². The van der Waals surface area contributed by atoms with Gasteiger partial charge in [0.25, 0.3) is 0 Å². The molecule has 0 saturated heterocycles. The van der Waals surface area contributed by atoms with Gasteiger partial charge in [-0.2, -0.15) is 0 Å². The van der Waals surface area contributed by atoms with Gasteiger partial charge in [-0.25, -0.2) is 14.6 Å². The molecular weight excluding hydrogens is 326 g/mol. The second-order valence-electron chi connectivity index (χ2n) is 5.92. The molecule has 1 heterocycles. The molecule has 1 aromatic heterocycles. The topological polar surface area (TPSA) is 91.3 Å². The Labute approximate surface area is 144 Å². The first-order chi connectivity index (χ1) is 11.3. The number of nitrogens with one attached hydrogen (secondary N) is 2. The van der Waals surface area contributed by atoms with Gasteiger partial charge in [-0.05, 0) is 37.0 Å². The number of carboxylic acids is 1. The molecule has 0 fully saturated rings. The van der Waals surface area contributed by atoms with Crippen LogP contribution in [-0.4, -0.2) is 22.1 Å². The standard InChI is InChI=1S/C17H21N3O3S/c1-10(2)8-14-15(24-11(3)19-14)20-17(23)18-9-12-4-6-13(7-5-12)16(21)22/h4-7,10H,8-9H2,1-3H3,(H,21,22)(H2,18,20,23). The highest BCUT2D eigenvalue weighted by molar-refractivity contribution is 7.16. The number of aryl methyl sites for hydroxylation is 1. The minimum Gasteiger partial charge on any atom is -0.478 e. The Bertz CT molecular complexity index is 723. The van der Waals surface area contributed by atoms with E-state index in [2.05, 4.69) is 29.5 Å². The predicted octanol–water partition coefficient (Wildman–Crippen LogP) is 3.67. The summed E-state index contributed by atoms with van der Waals surface area (Å²) in [5.41, 5.74) is 1.97. The van der Waals surface area contributed by atoms with E-state index >= 15 is 0 Å².